The third-order valence-corrected chi connectivity index (χ3v) is 6.01. The highest BCUT2D eigenvalue weighted by molar-refractivity contribution is 7.13. The minimum absolute atomic E-state index is 0.349. The fraction of sp³-hybridized carbons (Fsp3) is 0.350. The number of rotatable bonds is 4. The molecule has 1 aromatic carbocycles. The highest BCUT2D eigenvalue weighted by Gasteiger charge is 2.23. The summed E-state index contributed by atoms with van der Waals surface area (Å²) in [6.07, 6.45) is 6.32. The molecule has 0 radical (unpaired) electrons. The van der Waals surface area contributed by atoms with E-state index in [0.717, 1.165) is 38.3 Å². The number of aryl methyl sites for hydroxylation is 1. The van der Waals surface area contributed by atoms with E-state index in [1.807, 2.05) is 18.3 Å². The highest BCUT2D eigenvalue weighted by Crippen LogP contribution is 2.33. The van der Waals surface area contributed by atoms with Gasteiger partial charge in [-0.1, -0.05) is 12.1 Å². The van der Waals surface area contributed by atoms with Gasteiger partial charge in [0, 0.05) is 38.1 Å². The van der Waals surface area contributed by atoms with Gasteiger partial charge in [0.25, 0.3) is 0 Å². The first-order chi connectivity index (χ1) is 12.2. The summed E-state index contributed by atoms with van der Waals surface area (Å²) in [5.74, 6) is 1.46. The molecule has 0 bridgehead atoms. The summed E-state index contributed by atoms with van der Waals surface area (Å²) in [6.45, 7) is 5.20. The molecule has 1 saturated heterocycles. The second-order valence-electron chi connectivity index (χ2n) is 6.77. The molecule has 0 unspecified atom stereocenters. The van der Waals surface area contributed by atoms with E-state index in [9.17, 15) is 5.11 Å². The van der Waals surface area contributed by atoms with Gasteiger partial charge in [-0.3, -0.25) is 4.90 Å². The van der Waals surface area contributed by atoms with Crippen LogP contribution in [0.5, 0.6) is 5.75 Å². The van der Waals surface area contributed by atoms with Crippen LogP contribution in [0.4, 0.5) is 0 Å². The number of piperidine rings is 1. The van der Waals surface area contributed by atoms with Crippen LogP contribution in [0.1, 0.15) is 30.0 Å². The second kappa shape index (κ2) is 7.02. The molecular formula is C20H23N3OS. The van der Waals surface area contributed by atoms with E-state index in [0.29, 0.717) is 11.8 Å². The molecule has 25 heavy (non-hydrogen) atoms. The smallest absolute Gasteiger partial charge is 0.150 e. The maximum absolute atomic E-state index is 9.63. The third-order valence-electron chi connectivity index (χ3n) is 5.00. The summed E-state index contributed by atoms with van der Waals surface area (Å²) in [6, 6.07) is 10.3. The van der Waals surface area contributed by atoms with Crippen molar-refractivity contribution in [3.63, 3.8) is 0 Å². The lowest BCUT2D eigenvalue weighted by Gasteiger charge is -2.33. The van der Waals surface area contributed by atoms with Crippen molar-refractivity contribution in [3.8, 4) is 16.5 Å². The van der Waals surface area contributed by atoms with Gasteiger partial charge in [-0.15, -0.1) is 11.3 Å². The Kier molecular flexibility index (Phi) is 4.59. The first-order valence-corrected chi connectivity index (χ1v) is 9.66. The largest absolute Gasteiger partial charge is 0.508 e. The zero-order valence-corrected chi connectivity index (χ0v) is 15.2. The summed E-state index contributed by atoms with van der Waals surface area (Å²) in [5.41, 5.74) is 2.48. The van der Waals surface area contributed by atoms with Crippen LogP contribution in [0.2, 0.25) is 0 Å². The predicted molar refractivity (Wildman–Crippen MR) is 102 cm³/mol. The summed E-state index contributed by atoms with van der Waals surface area (Å²) >= 11 is 1.77. The Balaban J connectivity index is 1.43. The number of benzene rings is 1. The van der Waals surface area contributed by atoms with Crippen LogP contribution in [0.3, 0.4) is 0 Å². The molecule has 2 aromatic heterocycles. The molecule has 3 heterocycles. The van der Waals surface area contributed by atoms with E-state index in [-0.39, 0.29) is 0 Å². The molecule has 0 amide bonds. The van der Waals surface area contributed by atoms with Crippen molar-refractivity contribution in [2.75, 3.05) is 13.1 Å². The van der Waals surface area contributed by atoms with Crippen LogP contribution in [0.25, 0.3) is 10.7 Å². The van der Waals surface area contributed by atoms with E-state index in [1.165, 1.54) is 16.0 Å². The number of nitrogens with zero attached hydrogens (tertiary/aromatic N) is 3. The van der Waals surface area contributed by atoms with Crippen molar-refractivity contribution in [1.29, 1.82) is 0 Å². The lowest BCUT2D eigenvalue weighted by molar-refractivity contribution is 0.180. The van der Waals surface area contributed by atoms with Gasteiger partial charge in [-0.25, -0.2) is 4.98 Å². The topological polar surface area (TPSA) is 41.3 Å². The Hall–Kier alpha value is -2.11. The molecule has 4 rings (SSSR count). The highest BCUT2D eigenvalue weighted by atomic mass is 32.1. The maximum Gasteiger partial charge on any atom is 0.150 e. The number of phenols is 1. The number of hydrogen-bond donors (Lipinski definition) is 1. The molecule has 3 aromatic rings. The monoisotopic (exact) mass is 353 g/mol. The fourth-order valence-corrected chi connectivity index (χ4v) is 4.58. The Morgan fingerprint density at radius 2 is 2.08 bits per heavy atom. The third kappa shape index (κ3) is 3.48. The Morgan fingerprint density at radius 3 is 2.80 bits per heavy atom. The van der Waals surface area contributed by atoms with E-state index in [4.69, 9.17) is 0 Å². The molecule has 0 saturated carbocycles. The predicted octanol–water partition coefficient (Wildman–Crippen LogP) is 4.46. The van der Waals surface area contributed by atoms with Gasteiger partial charge >= 0.3 is 0 Å². The normalized spacial score (nSPS) is 16.4. The van der Waals surface area contributed by atoms with Crippen molar-refractivity contribution in [2.45, 2.75) is 32.4 Å². The number of likely N-dealkylation sites (tertiary alicyclic amines) is 1. The number of hydrogen-bond acceptors (Lipinski definition) is 4. The molecule has 1 N–H and O–H groups in total. The van der Waals surface area contributed by atoms with Crippen molar-refractivity contribution in [1.82, 2.24) is 14.5 Å². The zero-order valence-electron chi connectivity index (χ0n) is 14.4. The average Bonchev–Trinajstić information content (AvgIpc) is 3.24. The van der Waals surface area contributed by atoms with Crippen LogP contribution in [-0.2, 0) is 6.54 Å². The van der Waals surface area contributed by atoms with Crippen molar-refractivity contribution in [3.05, 3.63) is 59.2 Å². The summed E-state index contributed by atoms with van der Waals surface area (Å²) in [5, 5.41) is 11.8. The number of aromatic nitrogens is 2. The maximum atomic E-state index is 9.63. The van der Waals surface area contributed by atoms with Gasteiger partial charge in [0.15, 0.2) is 5.82 Å². The van der Waals surface area contributed by atoms with Crippen LogP contribution in [0, 0.1) is 6.92 Å². The molecule has 5 heteroatoms. The minimum atomic E-state index is 0.349. The number of thiophene rings is 1. The van der Waals surface area contributed by atoms with Gasteiger partial charge in [-0.2, -0.15) is 0 Å². The van der Waals surface area contributed by atoms with E-state index in [1.54, 1.807) is 17.4 Å². The van der Waals surface area contributed by atoms with Crippen molar-refractivity contribution in [2.24, 2.45) is 0 Å². The molecule has 1 aliphatic heterocycles. The molecule has 4 nitrogen and oxygen atoms in total. The van der Waals surface area contributed by atoms with Gasteiger partial charge < -0.3 is 9.67 Å². The van der Waals surface area contributed by atoms with Gasteiger partial charge in [0.2, 0.25) is 0 Å². The SMILES string of the molecule is Cc1ccsc1-c1nccn1C1CCN(Cc2cccc(O)c2)CC1. The molecule has 1 fully saturated rings. The summed E-state index contributed by atoms with van der Waals surface area (Å²) in [7, 11) is 0. The molecule has 130 valence electrons. The van der Waals surface area contributed by atoms with E-state index < -0.39 is 0 Å². The first kappa shape index (κ1) is 16.4. The van der Waals surface area contributed by atoms with Gasteiger partial charge in [0.1, 0.15) is 5.75 Å². The Labute approximate surface area is 152 Å². The van der Waals surface area contributed by atoms with Crippen LogP contribution in [0.15, 0.2) is 48.1 Å². The standard InChI is InChI=1S/C20H23N3OS/c1-15-7-12-25-19(15)20-21-8-11-23(20)17-5-9-22(10-6-17)14-16-3-2-4-18(24)13-16/h2-4,7-8,11-13,17,24H,5-6,9-10,14H2,1H3. The Morgan fingerprint density at radius 1 is 1.24 bits per heavy atom. The first-order valence-electron chi connectivity index (χ1n) is 8.78. The summed E-state index contributed by atoms with van der Waals surface area (Å²) < 4.78 is 2.37. The van der Waals surface area contributed by atoms with Crippen LogP contribution in [-0.4, -0.2) is 32.6 Å². The molecule has 0 aliphatic carbocycles. The van der Waals surface area contributed by atoms with Crippen LogP contribution >= 0.6 is 11.3 Å². The average molecular weight is 353 g/mol. The minimum Gasteiger partial charge on any atom is -0.508 e. The van der Waals surface area contributed by atoms with Crippen molar-refractivity contribution >= 4 is 11.3 Å². The number of phenolic OH excluding ortho intramolecular Hbond substituents is 1. The van der Waals surface area contributed by atoms with Gasteiger partial charge in [0.05, 0.1) is 4.88 Å². The molecule has 1 aliphatic rings. The van der Waals surface area contributed by atoms with E-state index in [2.05, 4.69) is 45.1 Å². The number of imidazole rings is 1. The zero-order chi connectivity index (χ0) is 17.2. The number of aromatic hydroxyl groups is 1. The lowest BCUT2D eigenvalue weighted by Crippen LogP contribution is -2.34. The second-order valence-corrected chi connectivity index (χ2v) is 7.68. The Bertz CT molecular complexity index is 846. The van der Waals surface area contributed by atoms with Gasteiger partial charge in [-0.05, 0) is 54.5 Å². The molecule has 0 spiro atoms. The van der Waals surface area contributed by atoms with Crippen LogP contribution < -0.4 is 0 Å². The molecular weight excluding hydrogens is 330 g/mol. The summed E-state index contributed by atoms with van der Waals surface area (Å²) in [4.78, 5) is 8.38. The fourth-order valence-electron chi connectivity index (χ4n) is 3.65. The lowest BCUT2D eigenvalue weighted by atomic mass is 10.0. The van der Waals surface area contributed by atoms with E-state index >= 15 is 0 Å². The van der Waals surface area contributed by atoms with Crippen molar-refractivity contribution < 1.29 is 5.11 Å². The molecule has 0 atom stereocenters. The quantitative estimate of drug-likeness (QED) is 0.753.